The number of thioether (sulfide) groups is 1. The van der Waals surface area contributed by atoms with Crippen LogP contribution in [0.3, 0.4) is 0 Å². The number of halogens is 3. The number of alkyl halides is 3. The maximum absolute atomic E-state index is 13.8. The highest BCUT2D eigenvalue weighted by Gasteiger charge is 2.36. The van der Waals surface area contributed by atoms with Crippen molar-refractivity contribution in [3.63, 3.8) is 0 Å². The van der Waals surface area contributed by atoms with E-state index >= 15 is 0 Å². The average molecular weight is 611 g/mol. The van der Waals surface area contributed by atoms with E-state index in [0.717, 1.165) is 46.1 Å². The number of hydrogen-bond donors (Lipinski definition) is 4. The highest BCUT2D eigenvalue weighted by Crippen LogP contribution is 2.40. The second kappa shape index (κ2) is 12.1. The summed E-state index contributed by atoms with van der Waals surface area (Å²) in [7, 11) is 0. The van der Waals surface area contributed by atoms with E-state index in [2.05, 4.69) is 31.3 Å². The van der Waals surface area contributed by atoms with Crippen molar-refractivity contribution in [1.29, 1.82) is 0 Å². The van der Waals surface area contributed by atoms with Gasteiger partial charge in [-0.15, -0.1) is 22.0 Å². The van der Waals surface area contributed by atoms with Crippen LogP contribution >= 0.6 is 11.8 Å². The average Bonchev–Trinajstić information content (AvgIpc) is 3.47. The number of urea groups is 1. The zero-order valence-corrected chi connectivity index (χ0v) is 24.1. The van der Waals surface area contributed by atoms with Crippen molar-refractivity contribution in [3.8, 4) is 22.5 Å². The molecule has 1 aromatic heterocycles. The van der Waals surface area contributed by atoms with E-state index in [1.165, 1.54) is 11.0 Å². The smallest absolute Gasteiger partial charge is 0.336 e. The molecule has 4 aromatic rings. The van der Waals surface area contributed by atoms with Crippen molar-refractivity contribution in [1.82, 2.24) is 31.3 Å². The molecule has 43 heavy (non-hydrogen) atoms. The molecule has 5 rings (SSSR count). The number of hydrogen-bond acceptors (Lipinski definition) is 7. The summed E-state index contributed by atoms with van der Waals surface area (Å²) >= 11 is 1.08. The summed E-state index contributed by atoms with van der Waals surface area (Å²) in [5, 5.41) is 19.5. The van der Waals surface area contributed by atoms with Gasteiger partial charge in [0.15, 0.2) is 0 Å². The van der Waals surface area contributed by atoms with Gasteiger partial charge in [-0.25, -0.2) is 4.79 Å². The van der Waals surface area contributed by atoms with Crippen LogP contribution in [0.1, 0.15) is 25.0 Å². The maximum Gasteiger partial charge on any atom is 0.416 e. The molecule has 0 bridgehead atoms. The summed E-state index contributed by atoms with van der Waals surface area (Å²) in [6.45, 7) is 3.71. The SMILES string of the molecule is CC(C)(N)CNC(=O)N[C@@H]1CSc2cc(C(F)(F)F)ccc2N(Cc2ccc(-c3ccccc3-c3nn[nH]n3)cc2)C1=O. The first kappa shape index (κ1) is 30.0. The monoisotopic (exact) mass is 610 g/mol. The van der Waals surface area contributed by atoms with E-state index in [1.807, 2.05) is 48.5 Å². The minimum absolute atomic E-state index is 0.0505. The third-order valence-electron chi connectivity index (χ3n) is 6.68. The van der Waals surface area contributed by atoms with E-state index in [1.54, 1.807) is 13.8 Å². The predicted molar refractivity (Wildman–Crippen MR) is 157 cm³/mol. The fourth-order valence-electron chi connectivity index (χ4n) is 4.54. The number of nitrogens with two attached hydrogens (primary N) is 1. The molecule has 0 fully saturated rings. The Morgan fingerprint density at radius 2 is 1.81 bits per heavy atom. The third-order valence-corrected chi connectivity index (χ3v) is 7.81. The number of aromatic amines is 1. The molecule has 0 saturated carbocycles. The molecule has 0 radical (unpaired) electrons. The molecule has 0 aliphatic carbocycles. The van der Waals surface area contributed by atoms with Crippen molar-refractivity contribution in [2.75, 3.05) is 17.2 Å². The number of rotatable bonds is 7. The molecule has 1 atom stereocenters. The molecule has 10 nitrogen and oxygen atoms in total. The lowest BCUT2D eigenvalue weighted by Crippen LogP contribution is -2.54. The van der Waals surface area contributed by atoms with Crippen molar-refractivity contribution in [2.24, 2.45) is 5.73 Å². The van der Waals surface area contributed by atoms with Crippen LogP contribution in [0, 0.1) is 0 Å². The van der Waals surface area contributed by atoms with Gasteiger partial charge >= 0.3 is 12.2 Å². The highest BCUT2D eigenvalue weighted by molar-refractivity contribution is 7.99. The Kier molecular flexibility index (Phi) is 8.42. The van der Waals surface area contributed by atoms with Gasteiger partial charge in [0, 0.05) is 28.3 Å². The van der Waals surface area contributed by atoms with Gasteiger partial charge in [0.05, 0.1) is 17.8 Å². The number of anilines is 1. The largest absolute Gasteiger partial charge is 0.416 e. The van der Waals surface area contributed by atoms with Crippen LogP contribution in [-0.4, -0.2) is 56.4 Å². The molecule has 0 spiro atoms. The Bertz CT molecular complexity index is 1610. The van der Waals surface area contributed by atoms with Crippen LogP contribution in [0.25, 0.3) is 22.5 Å². The molecular weight excluding hydrogens is 581 g/mol. The van der Waals surface area contributed by atoms with Crippen LogP contribution in [0.5, 0.6) is 0 Å². The quantitative estimate of drug-likeness (QED) is 0.240. The zero-order valence-electron chi connectivity index (χ0n) is 23.3. The number of amides is 3. The summed E-state index contributed by atoms with van der Waals surface area (Å²) in [6.07, 6.45) is -4.54. The molecule has 14 heteroatoms. The summed E-state index contributed by atoms with van der Waals surface area (Å²) in [5.41, 5.74) is 8.05. The summed E-state index contributed by atoms with van der Waals surface area (Å²) in [6, 6.07) is 16.7. The number of tetrazole rings is 1. The molecular formula is C29H29F3N8O2S. The van der Waals surface area contributed by atoms with Gasteiger partial charge in [-0.05, 0) is 54.0 Å². The lowest BCUT2D eigenvalue weighted by atomic mass is 9.98. The van der Waals surface area contributed by atoms with Gasteiger partial charge in [0.25, 0.3) is 5.91 Å². The Morgan fingerprint density at radius 3 is 2.47 bits per heavy atom. The van der Waals surface area contributed by atoms with Crippen molar-refractivity contribution < 1.29 is 22.8 Å². The molecule has 3 aromatic carbocycles. The van der Waals surface area contributed by atoms with E-state index in [0.29, 0.717) is 16.4 Å². The number of benzene rings is 3. The van der Waals surface area contributed by atoms with Crippen LogP contribution < -0.4 is 21.3 Å². The van der Waals surface area contributed by atoms with E-state index in [9.17, 15) is 22.8 Å². The maximum atomic E-state index is 13.8. The van der Waals surface area contributed by atoms with Crippen molar-refractivity contribution >= 4 is 29.4 Å². The fourth-order valence-corrected chi connectivity index (χ4v) is 5.65. The normalized spacial score (nSPS) is 15.5. The van der Waals surface area contributed by atoms with Crippen LogP contribution in [-0.2, 0) is 17.5 Å². The molecule has 0 unspecified atom stereocenters. The van der Waals surface area contributed by atoms with Gasteiger partial charge in [-0.1, -0.05) is 48.5 Å². The molecule has 2 heterocycles. The number of fused-ring (bicyclic) bond motifs is 1. The van der Waals surface area contributed by atoms with E-state index in [4.69, 9.17) is 5.73 Å². The molecule has 1 aliphatic heterocycles. The minimum atomic E-state index is -4.54. The van der Waals surface area contributed by atoms with Gasteiger partial charge in [-0.3, -0.25) is 4.79 Å². The van der Waals surface area contributed by atoms with Gasteiger partial charge in [-0.2, -0.15) is 18.4 Å². The second-order valence-corrected chi connectivity index (χ2v) is 11.8. The zero-order chi connectivity index (χ0) is 30.8. The van der Waals surface area contributed by atoms with E-state index in [-0.39, 0.29) is 18.8 Å². The first-order valence-corrected chi connectivity index (χ1v) is 14.3. The van der Waals surface area contributed by atoms with Crippen LogP contribution in [0.15, 0.2) is 71.6 Å². The topological polar surface area (TPSA) is 142 Å². The molecule has 1 aliphatic rings. The summed E-state index contributed by atoms with van der Waals surface area (Å²) < 4.78 is 40.6. The van der Waals surface area contributed by atoms with Crippen molar-refractivity contribution in [2.45, 2.75) is 43.0 Å². The number of nitrogens with zero attached hydrogens (tertiary/aromatic N) is 4. The Hall–Kier alpha value is -4.43. The lowest BCUT2D eigenvalue weighted by molar-refractivity contribution is -0.137. The van der Waals surface area contributed by atoms with Gasteiger partial charge < -0.3 is 21.3 Å². The number of H-pyrrole nitrogens is 1. The second-order valence-electron chi connectivity index (χ2n) is 10.8. The number of aromatic nitrogens is 4. The minimum Gasteiger partial charge on any atom is -0.336 e. The third kappa shape index (κ3) is 7.14. The van der Waals surface area contributed by atoms with Gasteiger partial charge in [0.2, 0.25) is 5.82 Å². The first-order chi connectivity index (χ1) is 20.4. The van der Waals surface area contributed by atoms with Crippen LogP contribution in [0.4, 0.5) is 23.7 Å². The molecule has 224 valence electrons. The predicted octanol–water partition coefficient (Wildman–Crippen LogP) is 4.60. The molecule has 5 N–H and O–H groups in total. The fraction of sp³-hybridized carbons (Fsp3) is 0.276. The van der Waals surface area contributed by atoms with Crippen molar-refractivity contribution in [3.05, 3.63) is 77.9 Å². The Balaban J connectivity index is 1.43. The number of nitrogens with one attached hydrogen (secondary N) is 3. The Morgan fingerprint density at radius 1 is 1.09 bits per heavy atom. The molecule has 3 amide bonds. The van der Waals surface area contributed by atoms with E-state index < -0.39 is 35.3 Å². The van der Waals surface area contributed by atoms with Crippen LogP contribution in [0.2, 0.25) is 0 Å². The number of carbonyl (C=O) groups excluding carboxylic acids is 2. The summed E-state index contributed by atoms with van der Waals surface area (Å²) in [4.78, 5) is 28.1. The highest BCUT2D eigenvalue weighted by atomic mass is 32.2. The number of carbonyl (C=O) groups is 2. The standard InChI is InChI=1S/C29H29F3N8O2S/c1-28(2,33)16-34-27(42)35-22-15-43-24-13-19(29(30,31)32)11-12-23(24)40(26(22)41)14-17-7-9-18(10-8-17)20-5-3-4-6-21(20)25-36-38-39-37-25/h3-13,22H,14-16,33H2,1-2H3,(H2,34,35,42)(H,36,37,38,39)/t22-/m1/s1. The molecule has 0 saturated heterocycles. The Labute approximate surface area is 249 Å². The lowest BCUT2D eigenvalue weighted by Gasteiger charge is -2.27. The summed E-state index contributed by atoms with van der Waals surface area (Å²) in [5.74, 6) is 0.0500. The first-order valence-electron chi connectivity index (χ1n) is 13.3. The van der Waals surface area contributed by atoms with Gasteiger partial charge in [0.1, 0.15) is 6.04 Å².